The van der Waals surface area contributed by atoms with E-state index >= 15 is 0 Å². The number of nitrogens with zero attached hydrogens (tertiary/aromatic N) is 4. The highest BCUT2D eigenvalue weighted by Gasteiger charge is 2.38. The molecule has 5 aromatic rings. The number of alkyl carbamates (subject to hydrolysis) is 2. The molecule has 0 radical (unpaired) electrons. The summed E-state index contributed by atoms with van der Waals surface area (Å²) >= 11 is 0. The summed E-state index contributed by atoms with van der Waals surface area (Å²) in [5.74, 6) is 0.793. The molecule has 4 heterocycles. The molecule has 2 aromatic heterocycles. The number of morpholine rings is 1. The second-order valence-electron chi connectivity index (χ2n) is 14.4. The molecule has 0 bridgehead atoms. The smallest absolute Gasteiger partial charge is 0.407 e. The Morgan fingerprint density at radius 2 is 1.29 bits per heavy atom. The van der Waals surface area contributed by atoms with Crippen LogP contribution in [0.4, 0.5) is 9.59 Å². The summed E-state index contributed by atoms with van der Waals surface area (Å²) in [6.07, 6.45) is 3.21. The van der Waals surface area contributed by atoms with Crippen LogP contribution in [0.2, 0.25) is 0 Å². The van der Waals surface area contributed by atoms with Crippen LogP contribution in [0.3, 0.4) is 0 Å². The maximum absolute atomic E-state index is 13.7. The fourth-order valence-corrected chi connectivity index (χ4v) is 7.58. The second-order valence-corrected chi connectivity index (χ2v) is 14.4. The van der Waals surface area contributed by atoms with Gasteiger partial charge in [-0.1, -0.05) is 48.5 Å². The van der Waals surface area contributed by atoms with Crippen LogP contribution in [-0.4, -0.2) is 120 Å². The summed E-state index contributed by atoms with van der Waals surface area (Å²) in [7, 11) is 4.00. The number of hydrogen-bond acceptors (Lipinski definition) is 10. The zero-order valence-electron chi connectivity index (χ0n) is 33.1. The molecular formula is C42H48N8O8. The summed E-state index contributed by atoms with van der Waals surface area (Å²) in [4.78, 5) is 70.1. The van der Waals surface area contributed by atoms with Gasteiger partial charge < -0.3 is 49.3 Å². The van der Waals surface area contributed by atoms with Crippen molar-refractivity contribution in [3.05, 3.63) is 84.7 Å². The van der Waals surface area contributed by atoms with E-state index in [-0.39, 0.29) is 24.5 Å². The number of methoxy groups -OCH3 is 3. The minimum Gasteiger partial charge on any atom is -0.453 e. The number of likely N-dealkylation sites (tertiary alicyclic amines) is 1. The number of rotatable bonds is 11. The molecule has 4 amide bonds. The van der Waals surface area contributed by atoms with Gasteiger partial charge in [-0.05, 0) is 66.3 Å². The van der Waals surface area contributed by atoms with Gasteiger partial charge in [0.05, 0.1) is 63.4 Å². The topological polar surface area (TPSA) is 193 Å². The molecule has 0 saturated carbocycles. The highest BCUT2D eigenvalue weighted by Crippen LogP contribution is 2.34. The number of nitrogens with one attached hydrogen (secondary N) is 4. The standard InChI is InChI=1S/C42H48N8O8/c1-24(45-41(53)56-4)39(51)49-16-6-7-34(49)37-43-21-32(46-37)27-10-8-26(9-11-27)28-12-13-30-20-31(15-14-29(30)19-28)33-22-44-38(47-33)35-23-58-18-17-50(35)40(52)36(25(2)55-3)48-42(54)57-5/h8-15,19-22,24-25,34-36H,6-7,16-18,23H2,1-5H3,(H,43,46)(H,44,47)(H,45,53)(H,48,54). The Kier molecular flexibility index (Phi) is 12.0. The number of fused-ring (bicyclic) bond motifs is 1. The van der Waals surface area contributed by atoms with E-state index < -0.39 is 36.4 Å². The third-order valence-corrected chi connectivity index (χ3v) is 10.9. The van der Waals surface area contributed by atoms with Crippen LogP contribution in [0.15, 0.2) is 73.1 Å². The van der Waals surface area contributed by atoms with Crippen LogP contribution in [0.25, 0.3) is 44.4 Å². The summed E-state index contributed by atoms with van der Waals surface area (Å²) in [5.41, 5.74) is 5.69. The molecule has 3 aromatic carbocycles. The number of carbonyl (C=O) groups excluding carboxylic acids is 4. The van der Waals surface area contributed by atoms with Crippen LogP contribution >= 0.6 is 0 Å². The predicted octanol–water partition coefficient (Wildman–Crippen LogP) is 5.35. The van der Waals surface area contributed by atoms with Gasteiger partial charge in [-0.25, -0.2) is 19.6 Å². The average Bonchev–Trinajstić information content (AvgIpc) is 4.06. The van der Waals surface area contributed by atoms with Gasteiger partial charge >= 0.3 is 12.2 Å². The Balaban J connectivity index is 1.03. The van der Waals surface area contributed by atoms with E-state index in [2.05, 4.69) is 89.9 Å². The maximum Gasteiger partial charge on any atom is 0.407 e. The molecule has 58 heavy (non-hydrogen) atoms. The van der Waals surface area contributed by atoms with E-state index in [9.17, 15) is 19.2 Å². The van der Waals surface area contributed by atoms with E-state index in [1.54, 1.807) is 36.0 Å². The Morgan fingerprint density at radius 1 is 0.724 bits per heavy atom. The van der Waals surface area contributed by atoms with Crippen molar-refractivity contribution in [3.63, 3.8) is 0 Å². The SMILES string of the molecule is COC(=O)NC(C)C(=O)N1CCCC1c1ncc(-c2ccc(-c3ccc4cc(-c5cnc(C6COCCN6C(=O)C(NC(=O)OC)C(C)OC)[nH]5)ccc4c3)cc2)[nH]1. The van der Waals surface area contributed by atoms with E-state index in [0.717, 1.165) is 57.3 Å². The van der Waals surface area contributed by atoms with E-state index in [1.165, 1.54) is 21.3 Å². The first-order valence-electron chi connectivity index (χ1n) is 19.2. The molecule has 5 atom stereocenters. The van der Waals surface area contributed by atoms with Crippen molar-refractivity contribution in [2.45, 2.75) is 57.0 Å². The van der Waals surface area contributed by atoms with Gasteiger partial charge in [0.1, 0.15) is 29.8 Å². The van der Waals surface area contributed by atoms with E-state index in [1.807, 2.05) is 6.07 Å². The Bertz CT molecular complexity index is 2270. The summed E-state index contributed by atoms with van der Waals surface area (Å²) in [6, 6.07) is 18.5. The van der Waals surface area contributed by atoms with Crippen LogP contribution in [0.5, 0.6) is 0 Å². The summed E-state index contributed by atoms with van der Waals surface area (Å²) < 4.78 is 20.6. The van der Waals surface area contributed by atoms with Gasteiger partial charge in [-0.2, -0.15) is 0 Å². The zero-order chi connectivity index (χ0) is 40.9. The van der Waals surface area contributed by atoms with Gasteiger partial charge in [-0.3, -0.25) is 9.59 Å². The predicted molar refractivity (Wildman–Crippen MR) is 214 cm³/mol. The number of benzene rings is 3. The van der Waals surface area contributed by atoms with Crippen LogP contribution < -0.4 is 10.6 Å². The fourth-order valence-electron chi connectivity index (χ4n) is 7.58. The Hall–Kier alpha value is -6.26. The van der Waals surface area contributed by atoms with Crippen molar-refractivity contribution in [1.82, 2.24) is 40.4 Å². The molecule has 7 rings (SSSR count). The number of amides is 4. The van der Waals surface area contributed by atoms with Crippen molar-refractivity contribution < 1.29 is 38.1 Å². The highest BCUT2D eigenvalue weighted by atomic mass is 16.5. The van der Waals surface area contributed by atoms with Gasteiger partial charge in [-0.15, -0.1) is 0 Å². The lowest BCUT2D eigenvalue weighted by Gasteiger charge is -2.37. The fraction of sp³-hybridized carbons (Fsp3) is 0.381. The number of aromatic amines is 2. The van der Waals surface area contributed by atoms with E-state index in [0.29, 0.717) is 31.3 Å². The number of imidazole rings is 2. The number of H-pyrrole nitrogens is 2. The minimum atomic E-state index is -0.956. The molecule has 2 saturated heterocycles. The van der Waals surface area contributed by atoms with Crippen molar-refractivity contribution in [1.29, 1.82) is 0 Å². The molecule has 304 valence electrons. The van der Waals surface area contributed by atoms with Crippen molar-refractivity contribution in [2.75, 3.05) is 47.6 Å². The number of carbonyl (C=O) groups is 4. The largest absolute Gasteiger partial charge is 0.453 e. The molecule has 2 aliphatic rings. The summed E-state index contributed by atoms with van der Waals surface area (Å²) in [5, 5.41) is 7.29. The number of ether oxygens (including phenoxy) is 4. The van der Waals surface area contributed by atoms with E-state index in [4.69, 9.17) is 14.2 Å². The molecule has 16 nitrogen and oxygen atoms in total. The molecule has 5 unspecified atom stereocenters. The first kappa shape index (κ1) is 40.0. The number of hydrogen-bond donors (Lipinski definition) is 4. The molecule has 4 N–H and O–H groups in total. The monoisotopic (exact) mass is 792 g/mol. The molecule has 0 aliphatic carbocycles. The summed E-state index contributed by atoms with van der Waals surface area (Å²) in [6.45, 7) is 4.88. The van der Waals surface area contributed by atoms with Crippen molar-refractivity contribution in [2.24, 2.45) is 0 Å². The Morgan fingerprint density at radius 3 is 1.97 bits per heavy atom. The normalized spacial score (nSPS) is 18.4. The van der Waals surface area contributed by atoms with Gasteiger partial charge in [0, 0.05) is 25.8 Å². The second kappa shape index (κ2) is 17.5. The van der Waals surface area contributed by atoms with Gasteiger partial charge in [0.2, 0.25) is 11.8 Å². The highest BCUT2D eigenvalue weighted by molar-refractivity contribution is 5.91. The molecule has 2 aliphatic heterocycles. The first-order chi connectivity index (χ1) is 28.1. The van der Waals surface area contributed by atoms with Gasteiger partial charge in [0.15, 0.2) is 0 Å². The lowest BCUT2D eigenvalue weighted by molar-refractivity contribution is -0.145. The molecular weight excluding hydrogens is 745 g/mol. The zero-order valence-corrected chi connectivity index (χ0v) is 33.1. The molecule has 16 heteroatoms. The molecule has 0 spiro atoms. The van der Waals surface area contributed by atoms with Crippen molar-refractivity contribution >= 4 is 34.8 Å². The van der Waals surface area contributed by atoms with Crippen molar-refractivity contribution in [3.8, 4) is 33.6 Å². The van der Waals surface area contributed by atoms with Crippen LogP contribution in [-0.2, 0) is 28.5 Å². The third kappa shape index (κ3) is 8.38. The quantitative estimate of drug-likeness (QED) is 0.135. The lowest BCUT2D eigenvalue weighted by atomic mass is 9.98. The lowest BCUT2D eigenvalue weighted by Crippen LogP contribution is -2.57. The van der Waals surface area contributed by atoms with Crippen LogP contribution in [0.1, 0.15) is 50.4 Å². The average molecular weight is 793 g/mol. The number of aromatic nitrogens is 4. The third-order valence-electron chi connectivity index (χ3n) is 10.9. The maximum atomic E-state index is 13.7. The molecule has 2 fully saturated rings. The Labute approximate surface area is 335 Å². The first-order valence-corrected chi connectivity index (χ1v) is 19.2. The minimum absolute atomic E-state index is 0.177. The van der Waals surface area contributed by atoms with Gasteiger partial charge in [0.25, 0.3) is 0 Å². The van der Waals surface area contributed by atoms with Crippen LogP contribution in [0, 0.1) is 0 Å².